The molecular formula is C28H26N2Pt. The van der Waals surface area contributed by atoms with Crippen molar-refractivity contribution in [2.75, 3.05) is 0 Å². The topological polar surface area (TPSA) is 25.8 Å². The SMILES string of the molecule is CC(C)(c1[c-]c(-c2[c-]c(C(C)(C)c3ccccn3)ccc2)ccc1)c1ccccn1.[Pt+2]. The molecule has 0 spiro atoms. The van der Waals surface area contributed by atoms with Gasteiger partial charge in [-0.05, 0) is 24.3 Å². The summed E-state index contributed by atoms with van der Waals surface area (Å²) in [5.41, 5.74) is 5.90. The third-order valence-electron chi connectivity index (χ3n) is 5.84. The van der Waals surface area contributed by atoms with Crippen LogP contribution < -0.4 is 0 Å². The van der Waals surface area contributed by atoms with Crippen molar-refractivity contribution >= 4 is 0 Å². The van der Waals surface area contributed by atoms with Crippen LogP contribution in [-0.2, 0) is 31.9 Å². The zero-order chi connectivity index (χ0) is 21.2. The summed E-state index contributed by atoms with van der Waals surface area (Å²) in [6, 6.07) is 32.0. The second-order valence-electron chi connectivity index (χ2n) is 8.64. The minimum atomic E-state index is -0.234. The fraction of sp³-hybridized carbons (Fsp3) is 0.214. The summed E-state index contributed by atoms with van der Waals surface area (Å²) in [7, 11) is 0. The van der Waals surface area contributed by atoms with Crippen LogP contribution in [0.2, 0.25) is 0 Å². The molecule has 0 radical (unpaired) electrons. The fourth-order valence-electron chi connectivity index (χ4n) is 3.72. The molecule has 0 aliphatic rings. The summed E-state index contributed by atoms with van der Waals surface area (Å²) in [5.74, 6) is 0. The predicted octanol–water partition coefficient (Wildman–Crippen LogP) is 6.39. The molecule has 0 unspecified atom stereocenters. The molecule has 4 aromatic rings. The van der Waals surface area contributed by atoms with Gasteiger partial charge in [0.2, 0.25) is 0 Å². The van der Waals surface area contributed by atoms with E-state index in [9.17, 15) is 0 Å². The van der Waals surface area contributed by atoms with Crippen LogP contribution in [0.1, 0.15) is 50.2 Å². The van der Waals surface area contributed by atoms with Crippen LogP contribution >= 0.6 is 0 Å². The summed E-state index contributed by atoms with van der Waals surface area (Å²) in [4.78, 5) is 9.15. The molecule has 2 nitrogen and oxygen atoms in total. The third kappa shape index (κ3) is 4.70. The predicted molar refractivity (Wildman–Crippen MR) is 122 cm³/mol. The van der Waals surface area contributed by atoms with Gasteiger partial charge < -0.3 is 0 Å². The van der Waals surface area contributed by atoms with Gasteiger partial charge in [0.1, 0.15) is 0 Å². The Morgan fingerprint density at radius 1 is 0.548 bits per heavy atom. The third-order valence-corrected chi connectivity index (χ3v) is 5.84. The maximum Gasteiger partial charge on any atom is 2.00 e. The number of hydrogen-bond acceptors (Lipinski definition) is 2. The minimum absolute atomic E-state index is 0. The van der Waals surface area contributed by atoms with Crippen LogP contribution in [0.5, 0.6) is 0 Å². The van der Waals surface area contributed by atoms with Crippen molar-refractivity contribution in [3.05, 3.63) is 120 Å². The van der Waals surface area contributed by atoms with Crippen LogP contribution in [0, 0.1) is 12.1 Å². The van der Waals surface area contributed by atoms with E-state index in [1.54, 1.807) is 0 Å². The van der Waals surface area contributed by atoms with Gasteiger partial charge >= 0.3 is 21.1 Å². The van der Waals surface area contributed by atoms with Crippen LogP contribution in [0.4, 0.5) is 0 Å². The zero-order valence-electron chi connectivity index (χ0n) is 18.3. The second-order valence-corrected chi connectivity index (χ2v) is 8.64. The van der Waals surface area contributed by atoms with Gasteiger partial charge in [0.05, 0.1) is 0 Å². The van der Waals surface area contributed by atoms with Crippen LogP contribution in [0.25, 0.3) is 11.1 Å². The molecule has 0 aliphatic heterocycles. The molecule has 0 N–H and O–H groups in total. The van der Waals surface area contributed by atoms with Gasteiger partial charge in [0.15, 0.2) is 0 Å². The average molecular weight is 586 g/mol. The van der Waals surface area contributed by atoms with E-state index in [1.807, 2.05) is 36.7 Å². The van der Waals surface area contributed by atoms with Crippen molar-refractivity contribution < 1.29 is 21.1 Å². The minimum Gasteiger partial charge on any atom is -0.260 e. The van der Waals surface area contributed by atoms with E-state index >= 15 is 0 Å². The van der Waals surface area contributed by atoms with E-state index in [0.29, 0.717) is 0 Å². The van der Waals surface area contributed by atoms with Crippen LogP contribution in [0.3, 0.4) is 0 Å². The van der Waals surface area contributed by atoms with E-state index in [2.05, 4.69) is 98.3 Å². The molecule has 0 saturated carbocycles. The number of aromatic nitrogens is 2. The molecule has 0 atom stereocenters. The Bertz CT molecular complexity index is 1040. The van der Waals surface area contributed by atoms with Crippen molar-refractivity contribution in [1.82, 2.24) is 9.97 Å². The quantitative estimate of drug-likeness (QED) is 0.254. The number of benzene rings is 2. The van der Waals surface area contributed by atoms with Crippen LogP contribution in [0.15, 0.2) is 85.2 Å². The summed E-state index contributed by atoms with van der Waals surface area (Å²) < 4.78 is 0. The first-order chi connectivity index (χ1) is 14.4. The smallest absolute Gasteiger partial charge is 0.260 e. The Hall–Kier alpha value is -2.57. The van der Waals surface area contributed by atoms with E-state index < -0.39 is 0 Å². The number of nitrogens with zero attached hydrogens (tertiary/aromatic N) is 2. The molecule has 3 heteroatoms. The average Bonchev–Trinajstić information content (AvgIpc) is 2.80. The molecule has 158 valence electrons. The Balaban J connectivity index is 0.00000272. The monoisotopic (exact) mass is 585 g/mol. The molecule has 0 fully saturated rings. The number of pyridine rings is 2. The summed E-state index contributed by atoms with van der Waals surface area (Å²) in [6.45, 7) is 8.76. The zero-order valence-corrected chi connectivity index (χ0v) is 20.6. The summed E-state index contributed by atoms with van der Waals surface area (Å²) in [6.07, 6.45) is 3.69. The van der Waals surface area contributed by atoms with Gasteiger partial charge in [0, 0.05) is 34.6 Å². The largest absolute Gasteiger partial charge is 2.00 e. The first-order valence-corrected chi connectivity index (χ1v) is 10.3. The summed E-state index contributed by atoms with van der Waals surface area (Å²) >= 11 is 0. The van der Waals surface area contributed by atoms with Crippen molar-refractivity contribution in [1.29, 1.82) is 0 Å². The molecule has 2 aromatic carbocycles. The molecular weight excluding hydrogens is 559 g/mol. The Morgan fingerprint density at radius 3 is 1.32 bits per heavy atom. The van der Waals surface area contributed by atoms with E-state index in [4.69, 9.17) is 0 Å². The molecule has 4 rings (SSSR count). The Morgan fingerprint density at radius 2 is 0.968 bits per heavy atom. The van der Waals surface area contributed by atoms with Crippen molar-refractivity contribution in [2.24, 2.45) is 0 Å². The first-order valence-electron chi connectivity index (χ1n) is 10.3. The van der Waals surface area contributed by atoms with Gasteiger partial charge in [-0.1, -0.05) is 39.8 Å². The number of hydrogen-bond donors (Lipinski definition) is 0. The maximum absolute atomic E-state index is 4.57. The Labute approximate surface area is 200 Å². The fourth-order valence-corrected chi connectivity index (χ4v) is 3.72. The normalized spacial score (nSPS) is 11.6. The first kappa shape index (κ1) is 23.1. The van der Waals surface area contributed by atoms with Crippen molar-refractivity contribution in [3.8, 4) is 11.1 Å². The van der Waals surface area contributed by atoms with E-state index in [1.165, 1.54) is 0 Å². The van der Waals surface area contributed by atoms with E-state index in [-0.39, 0.29) is 31.9 Å². The molecule has 2 aromatic heterocycles. The Kier molecular flexibility index (Phi) is 6.92. The van der Waals surface area contributed by atoms with Gasteiger partial charge in [-0.3, -0.25) is 9.97 Å². The molecule has 0 aliphatic carbocycles. The van der Waals surface area contributed by atoms with Gasteiger partial charge in [-0.2, -0.15) is 36.4 Å². The second kappa shape index (κ2) is 9.28. The van der Waals surface area contributed by atoms with Gasteiger partial charge in [-0.15, -0.1) is 23.3 Å². The number of rotatable bonds is 5. The van der Waals surface area contributed by atoms with Gasteiger partial charge in [0.25, 0.3) is 0 Å². The van der Waals surface area contributed by atoms with Gasteiger partial charge in [-0.25, -0.2) is 11.1 Å². The molecule has 0 bridgehead atoms. The summed E-state index contributed by atoms with van der Waals surface area (Å²) in [5, 5.41) is 0. The molecule has 31 heavy (non-hydrogen) atoms. The van der Waals surface area contributed by atoms with Crippen molar-refractivity contribution in [3.63, 3.8) is 0 Å². The van der Waals surface area contributed by atoms with Crippen LogP contribution in [-0.4, -0.2) is 9.97 Å². The standard InChI is InChI=1S/C28H26N2.Pt/c1-27(2,25-15-5-7-17-29-25)23-13-9-11-21(19-23)22-12-10-14-24(20-22)28(3,4)26-16-6-8-18-30-26;/h5-18H,1-4H3;/q-2;+2. The van der Waals surface area contributed by atoms with E-state index in [0.717, 1.165) is 33.6 Å². The molecule has 0 amide bonds. The maximum atomic E-state index is 4.57. The molecule has 0 saturated heterocycles. The van der Waals surface area contributed by atoms with Crippen molar-refractivity contribution in [2.45, 2.75) is 38.5 Å². The molecule has 2 heterocycles.